The molecule has 3 heteroatoms. The van der Waals surface area contributed by atoms with Gasteiger partial charge < -0.3 is 14.5 Å². The predicted molar refractivity (Wildman–Crippen MR) is 80.9 cm³/mol. The molecule has 1 rings (SSSR count). The number of ether oxygens (including phenoxy) is 1. The van der Waals surface area contributed by atoms with E-state index in [-0.39, 0.29) is 0 Å². The summed E-state index contributed by atoms with van der Waals surface area (Å²) in [4.78, 5) is 3.97. The minimum Gasteiger partial charge on any atom is -0.497 e. The van der Waals surface area contributed by atoms with Gasteiger partial charge in [-0.1, -0.05) is 19.1 Å². The van der Waals surface area contributed by atoms with Gasteiger partial charge in [-0.25, -0.2) is 0 Å². The molecule has 0 bridgehead atoms. The Labute approximate surface area is 118 Å². The van der Waals surface area contributed by atoms with Crippen LogP contribution >= 0.6 is 0 Å². The number of benzene rings is 1. The van der Waals surface area contributed by atoms with Gasteiger partial charge in [0.05, 0.1) is 20.7 Å². The molecule has 3 nitrogen and oxygen atoms in total. The third-order valence-electron chi connectivity index (χ3n) is 3.39. The summed E-state index contributed by atoms with van der Waals surface area (Å²) in [6.07, 6.45) is 2.50. The first kappa shape index (κ1) is 16.0. The smallest absolute Gasteiger partial charge is 0.119 e. The maximum atomic E-state index is 5.26. The van der Waals surface area contributed by atoms with Crippen molar-refractivity contribution in [2.45, 2.75) is 26.3 Å². The minimum absolute atomic E-state index is 0.952. The molecule has 0 radical (unpaired) electrons. The van der Waals surface area contributed by atoms with E-state index >= 15 is 0 Å². The van der Waals surface area contributed by atoms with E-state index in [4.69, 9.17) is 4.74 Å². The molecule has 108 valence electrons. The van der Waals surface area contributed by atoms with Crippen molar-refractivity contribution in [3.8, 4) is 5.75 Å². The van der Waals surface area contributed by atoms with Crippen LogP contribution in [0.25, 0.3) is 0 Å². The van der Waals surface area contributed by atoms with Crippen LogP contribution < -0.4 is 9.64 Å². The molecule has 1 aromatic carbocycles. The minimum atomic E-state index is 0.952. The Morgan fingerprint density at radius 1 is 1.26 bits per heavy atom. The van der Waals surface area contributed by atoms with Gasteiger partial charge in [-0.15, -0.1) is 0 Å². The Morgan fingerprint density at radius 3 is 2.74 bits per heavy atom. The molecule has 1 unspecified atom stereocenters. The van der Waals surface area contributed by atoms with Gasteiger partial charge in [0.2, 0.25) is 0 Å². The molecule has 0 aliphatic rings. The Kier molecular flexibility index (Phi) is 7.53. The summed E-state index contributed by atoms with van der Waals surface area (Å²) >= 11 is 0. The number of quaternary nitrogens is 1. The number of nitrogens with zero attached hydrogens (tertiary/aromatic N) is 1. The molecule has 19 heavy (non-hydrogen) atoms. The summed E-state index contributed by atoms with van der Waals surface area (Å²) in [5.41, 5.74) is 1.35. The van der Waals surface area contributed by atoms with Gasteiger partial charge in [-0.05, 0) is 32.1 Å². The fraction of sp³-hybridized carbons (Fsp3) is 0.625. The number of rotatable bonds is 9. The molecule has 0 fully saturated rings. The third-order valence-corrected chi connectivity index (χ3v) is 3.39. The number of hydrogen-bond acceptors (Lipinski definition) is 2. The first-order valence-electron chi connectivity index (χ1n) is 7.28. The van der Waals surface area contributed by atoms with Crippen LogP contribution in [0.15, 0.2) is 24.3 Å². The highest BCUT2D eigenvalue weighted by atomic mass is 16.5. The van der Waals surface area contributed by atoms with Gasteiger partial charge in [0.15, 0.2) is 0 Å². The van der Waals surface area contributed by atoms with Crippen LogP contribution in [0.3, 0.4) is 0 Å². The quantitative estimate of drug-likeness (QED) is 0.728. The third kappa shape index (κ3) is 6.60. The fourth-order valence-electron chi connectivity index (χ4n) is 2.36. The van der Waals surface area contributed by atoms with Crippen molar-refractivity contribution in [1.82, 2.24) is 4.90 Å². The van der Waals surface area contributed by atoms with Crippen LogP contribution in [0.4, 0.5) is 0 Å². The summed E-state index contributed by atoms with van der Waals surface area (Å²) in [5.74, 6) is 0.952. The van der Waals surface area contributed by atoms with E-state index in [0.717, 1.165) is 12.3 Å². The van der Waals surface area contributed by atoms with Crippen LogP contribution in [-0.2, 0) is 6.54 Å². The van der Waals surface area contributed by atoms with E-state index in [0.29, 0.717) is 0 Å². The molecule has 1 aromatic rings. The maximum absolute atomic E-state index is 5.26. The average Bonchev–Trinajstić information content (AvgIpc) is 2.39. The number of hydrogen-bond donors (Lipinski definition) is 1. The topological polar surface area (TPSA) is 16.9 Å². The molecule has 0 saturated heterocycles. The highest BCUT2D eigenvalue weighted by Crippen LogP contribution is 2.11. The maximum Gasteiger partial charge on any atom is 0.119 e. The first-order chi connectivity index (χ1) is 9.15. The summed E-state index contributed by atoms with van der Waals surface area (Å²) in [5, 5.41) is 0. The van der Waals surface area contributed by atoms with Crippen molar-refractivity contribution >= 4 is 0 Å². The standard InChI is InChI=1S/C16H28N2O/c1-5-10-17(2)11-7-12-18(3)14-15-8-6-9-16(13-15)19-4/h6,8-9,13H,5,7,10-12,14H2,1-4H3/p+1. The lowest BCUT2D eigenvalue weighted by molar-refractivity contribution is -0.893. The lowest BCUT2D eigenvalue weighted by Crippen LogP contribution is -3.07. The second kappa shape index (κ2) is 8.94. The van der Waals surface area contributed by atoms with Crippen LogP contribution in [0.5, 0.6) is 5.75 Å². The molecular weight excluding hydrogens is 236 g/mol. The number of methoxy groups -OCH3 is 1. The van der Waals surface area contributed by atoms with E-state index in [1.54, 1.807) is 12.0 Å². The first-order valence-corrected chi connectivity index (χ1v) is 7.28. The molecule has 0 aliphatic heterocycles. The molecule has 1 N–H and O–H groups in total. The normalized spacial score (nSPS) is 12.7. The summed E-state index contributed by atoms with van der Waals surface area (Å²) in [7, 11) is 6.19. The monoisotopic (exact) mass is 265 g/mol. The summed E-state index contributed by atoms with van der Waals surface area (Å²) in [6.45, 7) is 6.91. The Bertz CT molecular complexity index is 354. The van der Waals surface area contributed by atoms with E-state index < -0.39 is 0 Å². The zero-order valence-corrected chi connectivity index (χ0v) is 12.9. The second-order valence-corrected chi connectivity index (χ2v) is 5.39. The molecule has 0 aromatic heterocycles. The van der Waals surface area contributed by atoms with Gasteiger partial charge in [0.1, 0.15) is 12.3 Å². The molecule has 0 saturated carbocycles. The van der Waals surface area contributed by atoms with Gasteiger partial charge >= 0.3 is 0 Å². The van der Waals surface area contributed by atoms with Crippen LogP contribution in [-0.4, -0.2) is 45.7 Å². The van der Waals surface area contributed by atoms with E-state index in [9.17, 15) is 0 Å². The van der Waals surface area contributed by atoms with Gasteiger partial charge in [-0.3, -0.25) is 0 Å². The molecule has 0 aliphatic carbocycles. The molecule has 0 amide bonds. The van der Waals surface area contributed by atoms with E-state index in [1.165, 1.54) is 38.0 Å². The molecule has 0 heterocycles. The zero-order valence-electron chi connectivity index (χ0n) is 12.9. The SMILES string of the molecule is CCCN(C)CCC[NH+](C)Cc1cccc(OC)c1. The van der Waals surface area contributed by atoms with Crippen molar-refractivity contribution in [3.63, 3.8) is 0 Å². The van der Waals surface area contributed by atoms with Crippen molar-refractivity contribution < 1.29 is 9.64 Å². The average molecular weight is 265 g/mol. The molecule has 0 spiro atoms. The van der Waals surface area contributed by atoms with Crippen LogP contribution in [0.1, 0.15) is 25.3 Å². The van der Waals surface area contributed by atoms with Crippen molar-refractivity contribution in [1.29, 1.82) is 0 Å². The summed E-state index contributed by atoms with van der Waals surface area (Å²) < 4.78 is 5.26. The van der Waals surface area contributed by atoms with E-state index in [2.05, 4.69) is 44.1 Å². The summed E-state index contributed by atoms with van der Waals surface area (Å²) in [6, 6.07) is 8.37. The highest BCUT2D eigenvalue weighted by molar-refractivity contribution is 5.27. The Balaban J connectivity index is 2.28. The van der Waals surface area contributed by atoms with Gasteiger partial charge in [0.25, 0.3) is 0 Å². The highest BCUT2D eigenvalue weighted by Gasteiger charge is 2.05. The van der Waals surface area contributed by atoms with Crippen molar-refractivity contribution in [3.05, 3.63) is 29.8 Å². The largest absolute Gasteiger partial charge is 0.497 e. The van der Waals surface area contributed by atoms with Crippen LogP contribution in [0, 0.1) is 0 Å². The zero-order chi connectivity index (χ0) is 14.1. The molecular formula is C16H29N2O+. The molecule has 1 atom stereocenters. The fourth-order valence-corrected chi connectivity index (χ4v) is 2.36. The Hall–Kier alpha value is -1.06. The Morgan fingerprint density at radius 2 is 2.05 bits per heavy atom. The van der Waals surface area contributed by atoms with E-state index in [1.807, 2.05) is 6.07 Å². The number of nitrogens with one attached hydrogen (secondary N) is 1. The second-order valence-electron chi connectivity index (χ2n) is 5.39. The van der Waals surface area contributed by atoms with Crippen molar-refractivity contribution in [2.24, 2.45) is 0 Å². The van der Waals surface area contributed by atoms with Gasteiger partial charge in [0, 0.05) is 18.5 Å². The van der Waals surface area contributed by atoms with Crippen LogP contribution in [0.2, 0.25) is 0 Å². The lowest BCUT2D eigenvalue weighted by atomic mass is 10.2. The predicted octanol–water partition coefficient (Wildman–Crippen LogP) is 1.44. The van der Waals surface area contributed by atoms with Gasteiger partial charge in [-0.2, -0.15) is 0 Å². The van der Waals surface area contributed by atoms with Crippen molar-refractivity contribution in [2.75, 3.05) is 40.8 Å². The lowest BCUT2D eigenvalue weighted by Gasteiger charge is -2.18.